The Balaban J connectivity index is 2.11. The highest BCUT2D eigenvalue weighted by molar-refractivity contribution is 5.95. The molecule has 1 aliphatic rings. The van der Waals surface area contributed by atoms with Crippen molar-refractivity contribution in [3.63, 3.8) is 0 Å². The van der Waals surface area contributed by atoms with Crippen LogP contribution < -0.4 is 5.32 Å². The number of pyridine rings is 1. The normalized spacial score (nSPS) is 22.3. The van der Waals surface area contributed by atoms with Crippen molar-refractivity contribution < 1.29 is 14.7 Å². The van der Waals surface area contributed by atoms with Gasteiger partial charge in [-0.1, -0.05) is 0 Å². The van der Waals surface area contributed by atoms with E-state index in [0.717, 1.165) is 0 Å². The third-order valence-electron chi connectivity index (χ3n) is 3.47. The van der Waals surface area contributed by atoms with Crippen LogP contribution in [-0.2, 0) is 4.79 Å². The number of carbonyl (C=O) groups is 2. The van der Waals surface area contributed by atoms with Crippen molar-refractivity contribution in [1.29, 1.82) is 0 Å². The summed E-state index contributed by atoms with van der Waals surface area (Å²) in [5, 5.41) is 11.9. The van der Waals surface area contributed by atoms with Gasteiger partial charge in [-0.3, -0.25) is 14.6 Å². The number of hydrogen-bond donors (Lipinski definition) is 2. The number of amides is 2. The first-order valence-corrected chi connectivity index (χ1v) is 6.19. The molecule has 0 bridgehead atoms. The molecule has 6 heteroatoms. The van der Waals surface area contributed by atoms with Crippen molar-refractivity contribution in [3.8, 4) is 0 Å². The summed E-state index contributed by atoms with van der Waals surface area (Å²) in [4.78, 5) is 29.4. The molecule has 0 aromatic carbocycles. The zero-order chi connectivity index (χ0) is 13.8. The minimum Gasteiger partial charge on any atom is -0.396 e. The molecular weight excluding hydrogens is 246 g/mol. The van der Waals surface area contributed by atoms with E-state index in [1.165, 1.54) is 0 Å². The Morgan fingerprint density at radius 2 is 2.11 bits per heavy atom. The highest BCUT2D eigenvalue weighted by Crippen LogP contribution is 2.24. The molecule has 0 spiro atoms. The Hall–Kier alpha value is -1.95. The molecule has 19 heavy (non-hydrogen) atoms. The van der Waals surface area contributed by atoms with Crippen LogP contribution in [0, 0.1) is 11.8 Å². The van der Waals surface area contributed by atoms with E-state index in [1.807, 2.05) is 0 Å². The van der Waals surface area contributed by atoms with Crippen molar-refractivity contribution in [2.45, 2.75) is 0 Å². The monoisotopic (exact) mass is 263 g/mol. The van der Waals surface area contributed by atoms with Crippen LogP contribution in [0.2, 0.25) is 0 Å². The summed E-state index contributed by atoms with van der Waals surface area (Å²) >= 11 is 0. The number of likely N-dealkylation sites (tertiary alicyclic amines) is 1. The molecule has 2 amide bonds. The standard InChI is InChI=1S/C13H17N3O3/c1-14-12(18)11-7-16(6-10(11)8-17)13(19)9-2-4-15-5-3-9/h2-5,10-11,17H,6-8H2,1H3,(H,14,18)/t10-,11+/m0/s1. The van der Waals surface area contributed by atoms with Crippen LogP contribution in [-0.4, -0.2) is 53.5 Å². The maximum Gasteiger partial charge on any atom is 0.253 e. The van der Waals surface area contributed by atoms with Crippen molar-refractivity contribution in [3.05, 3.63) is 30.1 Å². The predicted octanol–water partition coefficient (Wildman–Crippen LogP) is -0.492. The molecule has 1 aromatic rings. The third kappa shape index (κ3) is 2.73. The largest absolute Gasteiger partial charge is 0.396 e. The fraction of sp³-hybridized carbons (Fsp3) is 0.462. The third-order valence-corrected chi connectivity index (χ3v) is 3.47. The van der Waals surface area contributed by atoms with Crippen LogP contribution >= 0.6 is 0 Å². The molecule has 102 valence electrons. The number of nitrogens with one attached hydrogen (secondary N) is 1. The number of rotatable bonds is 3. The van der Waals surface area contributed by atoms with Crippen LogP contribution in [0.25, 0.3) is 0 Å². The molecule has 0 aliphatic carbocycles. The van der Waals surface area contributed by atoms with Gasteiger partial charge in [0.25, 0.3) is 5.91 Å². The fourth-order valence-corrected chi connectivity index (χ4v) is 2.38. The lowest BCUT2D eigenvalue weighted by atomic mass is 9.96. The lowest BCUT2D eigenvalue weighted by Gasteiger charge is -2.15. The smallest absolute Gasteiger partial charge is 0.253 e. The topological polar surface area (TPSA) is 82.5 Å². The Labute approximate surface area is 111 Å². The Morgan fingerprint density at radius 3 is 2.68 bits per heavy atom. The van der Waals surface area contributed by atoms with Crippen LogP contribution in [0.3, 0.4) is 0 Å². The summed E-state index contributed by atoms with van der Waals surface area (Å²) in [5.41, 5.74) is 0.546. The molecule has 0 unspecified atom stereocenters. The number of aliphatic hydroxyl groups is 1. The number of aromatic nitrogens is 1. The van der Waals surface area contributed by atoms with E-state index < -0.39 is 0 Å². The summed E-state index contributed by atoms with van der Waals surface area (Å²) in [6, 6.07) is 3.28. The van der Waals surface area contributed by atoms with E-state index in [0.29, 0.717) is 18.7 Å². The second-order valence-electron chi connectivity index (χ2n) is 4.61. The lowest BCUT2D eigenvalue weighted by molar-refractivity contribution is -0.125. The molecule has 1 aliphatic heterocycles. The minimum atomic E-state index is -0.346. The van der Waals surface area contributed by atoms with E-state index in [2.05, 4.69) is 10.3 Å². The first-order valence-electron chi connectivity index (χ1n) is 6.19. The number of hydrogen-bond acceptors (Lipinski definition) is 4. The fourth-order valence-electron chi connectivity index (χ4n) is 2.38. The van der Waals surface area contributed by atoms with Gasteiger partial charge in [0, 0.05) is 50.6 Å². The van der Waals surface area contributed by atoms with Gasteiger partial charge in [0.05, 0.1) is 5.92 Å². The summed E-state index contributed by atoms with van der Waals surface area (Å²) in [6.45, 7) is 0.639. The molecular formula is C13H17N3O3. The Bertz CT molecular complexity index is 463. The molecule has 0 saturated carbocycles. The van der Waals surface area contributed by atoms with Gasteiger partial charge in [0.15, 0.2) is 0 Å². The van der Waals surface area contributed by atoms with Gasteiger partial charge < -0.3 is 15.3 Å². The molecule has 0 radical (unpaired) electrons. The van der Waals surface area contributed by atoms with Gasteiger partial charge in [0.2, 0.25) is 5.91 Å². The van der Waals surface area contributed by atoms with Gasteiger partial charge in [0.1, 0.15) is 0 Å². The number of carbonyl (C=O) groups excluding carboxylic acids is 2. The predicted molar refractivity (Wildman–Crippen MR) is 68.3 cm³/mol. The average molecular weight is 263 g/mol. The van der Waals surface area contributed by atoms with Crippen LogP contribution in [0.1, 0.15) is 10.4 Å². The maximum absolute atomic E-state index is 12.2. The van der Waals surface area contributed by atoms with Crippen LogP contribution in [0.5, 0.6) is 0 Å². The quantitative estimate of drug-likeness (QED) is 0.771. The summed E-state index contributed by atoms with van der Waals surface area (Å²) in [5.74, 6) is -0.817. The van der Waals surface area contributed by atoms with E-state index in [9.17, 15) is 14.7 Å². The highest BCUT2D eigenvalue weighted by atomic mass is 16.3. The molecule has 1 fully saturated rings. The average Bonchev–Trinajstić information content (AvgIpc) is 2.90. The van der Waals surface area contributed by atoms with E-state index >= 15 is 0 Å². The molecule has 2 heterocycles. The molecule has 1 aromatic heterocycles. The molecule has 2 rings (SSSR count). The van der Waals surface area contributed by atoms with Gasteiger partial charge in [-0.05, 0) is 12.1 Å². The lowest BCUT2D eigenvalue weighted by Crippen LogP contribution is -2.34. The highest BCUT2D eigenvalue weighted by Gasteiger charge is 2.38. The minimum absolute atomic E-state index is 0.0990. The van der Waals surface area contributed by atoms with Crippen molar-refractivity contribution >= 4 is 11.8 Å². The summed E-state index contributed by atoms with van der Waals surface area (Å²) in [6.07, 6.45) is 3.12. The maximum atomic E-state index is 12.2. The van der Waals surface area contributed by atoms with Crippen molar-refractivity contribution in [2.24, 2.45) is 11.8 Å². The molecule has 2 N–H and O–H groups in total. The zero-order valence-electron chi connectivity index (χ0n) is 10.7. The second-order valence-corrected chi connectivity index (χ2v) is 4.61. The SMILES string of the molecule is CNC(=O)[C@@H]1CN(C(=O)c2ccncc2)C[C@H]1CO. The van der Waals surface area contributed by atoms with E-state index in [-0.39, 0.29) is 30.3 Å². The van der Waals surface area contributed by atoms with Crippen molar-refractivity contribution in [2.75, 3.05) is 26.7 Å². The van der Waals surface area contributed by atoms with E-state index in [4.69, 9.17) is 0 Å². The first-order chi connectivity index (χ1) is 9.17. The molecule has 2 atom stereocenters. The van der Waals surface area contributed by atoms with Gasteiger partial charge in [-0.2, -0.15) is 0 Å². The van der Waals surface area contributed by atoms with Crippen LogP contribution in [0.15, 0.2) is 24.5 Å². The van der Waals surface area contributed by atoms with Gasteiger partial charge in [-0.15, -0.1) is 0 Å². The summed E-state index contributed by atoms with van der Waals surface area (Å²) < 4.78 is 0. The number of aliphatic hydroxyl groups excluding tert-OH is 1. The molecule has 1 saturated heterocycles. The zero-order valence-corrected chi connectivity index (χ0v) is 10.7. The van der Waals surface area contributed by atoms with Gasteiger partial charge in [-0.25, -0.2) is 0 Å². The summed E-state index contributed by atoms with van der Waals surface area (Å²) in [7, 11) is 1.56. The molecule has 6 nitrogen and oxygen atoms in total. The van der Waals surface area contributed by atoms with E-state index in [1.54, 1.807) is 36.5 Å². The number of nitrogens with zero attached hydrogens (tertiary/aromatic N) is 2. The first kappa shape index (κ1) is 13.5. The second kappa shape index (κ2) is 5.79. The van der Waals surface area contributed by atoms with Crippen molar-refractivity contribution in [1.82, 2.24) is 15.2 Å². The Kier molecular flexibility index (Phi) is 4.11. The van der Waals surface area contributed by atoms with Crippen LogP contribution in [0.4, 0.5) is 0 Å². The Morgan fingerprint density at radius 1 is 1.42 bits per heavy atom. The van der Waals surface area contributed by atoms with Gasteiger partial charge >= 0.3 is 0 Å².